The molecule has 0 spiro atoms. The maximum Gasteiger partial charge on any atom is 0.242 e. The van der Waals surface area contributed by atoms with Gasteiger partial charge in [-0.2, -0.15) is 0 Å². The second-order valence-electron chi connectivity index (χ2n) is 12.5. The van der Waals surface area contributed by atoms with E-state index in [0.717, 1.165) is 0 Å². The first-order valence-corrected chi connectivity index (χ1v) is 17.7. The summed E-state index contributed by atoms with van der Waals surface area (Å²) < 4.78 is 0. The molecule has 0 bridgehead atoms. The molecular weight excluding hydrogens is 485 g/mol. The molecule has 0 saturated heterocycles. The summed E-state index contributed by atoms with van der Waals surface area (Å²) in [5.74, 6) is 0. The highest BCUT2D eigenvalue weighted by atomic mass is 28.3. The summed E-state index contributed by atoms with van der Waals surface area (Å²) in [5.41, 5.74) is 16.9. The van der Waals surface area contributed by atoms with Crippen LogP contribution in [0.15, 0.2) is 65.5 Å². The van der Waals surface area contributed by atoms with Crippen LogP contribution < -0.4 is 16.4 Å². The van der Waals surface area contributed by atoms with Crippen molar-refractivity contribution in [3.05, 3.63) is 110 Å². The van der Waals surface area contributed by atoms with Crippen LogP contribution in [0.2, 0.25) is 13.1 Å². The Morgan fingerprint density at radius 2 is 1.26 bits per heavy atom. The van der Waals surface area contributed by atoms with E-state index in [4.69, 9.17) is 0 Å². The van der Waals surface area contributed by atoms with Crippen molar-refractivity contribution < 1.29 is 0 Å². The zero-order chi connectivity index (χ0) is 28.6. The first-order valence-electron chi connectivity index (χ1n) is 14.8. The molecule has 1 aliphatic heterocycles. The van der Waals surface area contributed by atoms with Gasteiger partial charge < -0.3 is 4.90 Å². The standard InChI is InChI=1S/C36H48BNSi/c1-12-13-30-20-33(38(9)22-34(30)39(10)11)32-21-31(15-14-25(32)4)37(35-26(5)16-23(2)17-27(35)6)36-28(7)18-24(3)19-29(36)8/h14-22,33,39H,12-13H2,1-11H3. The number of benzene rings is 3. The monoisotopic (exact) mass is 533 g/mol. The van der Waals surface area contributed by atoms with Gasteiger partial charge in [-0.05, 0) is 83.0 Å². The van der Waals surface area contributed by atoms with Crippen LogP contribution in [0.3, 0.4) is 0 Å². The Hall–Kier alpha value is -2.78. The quantitative estimate of drug-likeness (QED) is 0.296. The van der Waals surface area contributed by atoms with Crippen LogP contribution >= 0.6 is 0 Å². The molecule has 0 radical (unpaired) electrons. The molecule has 3 aromatic rings. The zero-order valence-electron chi connectivity index (χ0n) is 26.3. The molecule has 204 valence electrons. The first kappa shape index (κ1) is 29.2. The number of hydrogen-bond donors (Lipinski definition) is 0. The molecule has 0 fully saturated rings. The van der Waals surface area contributed by atoms with E-state index in [-0.39, 0.29) is 12.8 Å². The zero-order valence-corrected chi connectivity index (χ0v) is 27.4. The summed E-state index contributed by atoms with van der Waals surface area (Å²) in [6.45, 7) is 23.3. The van der Waals surface area contributed by atoms with Crippen LogP contribution in [0.5, 0.6) is 0 Å². The molecule has 0 saturated carbocycles. The molecule has 3 heteroatoms. The maximum absolute atomic E-state index is 2.58. The second-order valence-corrected chi connectivity index (χ2v) is 15.4. The Morgan fingerprint density at radius 3 is 1.72 bits per heavy atom. The average molecular weight is 534 g/mol. The number of aryl methyl sites for hydroxylation is 7. The Kier molecular flexibility index (Phi) is 8.81. The van der Waals surface area contributed by atoms with Gasteiger partial charge in [-0.1, -0.05) is 125 Å². The third-order valence-corrected chi connectivity index (χ3v) is 10.4. The smallest absolute Gasteiger partial charge is 0.242 e. The Labute approximate surface area is 240 Å². The van der Waals surface area contributed by atoms with Gasteiger partial charge in [0.05, 0.1) is 14.8 Å². The predicted molar refractivity (Wildman–Crippen MR) is 178 cm³/mol. The number of allylic oxidation sites excluding steroid dienone is 2. The maximum atomic E-state index is 2.58. The van der Waals surface area contributed by atoms with E-state index in [1.807, 2.05) is 0 Å². The van der Waals surface area contributed by atoms with Crippen molar-refractivity contribution in [2.45, 2.75) is 87.4 Å². The number of nitrogens with zero attached hydrogens (tertiary/aromatic N) is 1. The van der Waals surface area contributed by atoms with E-state index < -0.39 is 8.80 Å². The highest BCUT2D eigenvalue weighted by Gasteiger charge is 2.30. The molecule has 3 aromatic carbocycles. The highest BCUT2D eigenvalue weighted by Crippen LogP contribution is 2.34. The molecule has 1 aliphatic rings. The Morgan fingerprint density at radius 1 is 0.744 bits per heavy atom. The molecule has 39 heavy (non-hydrogen) atoms. The molecule has 0 amide bonds. The van der Waals surface area contributed by atoms with E-state index in [9.17, 15) is 0 Å². The van der Waals surface area contributed by atoms with E-state index in [2.05, 4.69) is 135 Å². The molecule has 1 heterocycles. The van der Waals surface area contributed by atoms with Crippen LogP contribution in [0.25, 0.3) is 0 Å². The predicted octanol–water partition coefficient (Wildman–Crippen LogP) is 6.98. The number of hydrogen-bond acceptors (Lipinski definition) is 1. The SMILES string of the molecule is CCCC1=CC(c2cc(B(c3c(C)cc(C)cc3C)c3c(C)cc(C)cc3C)ccc2C)N(C)C=C1[SiH](C)C. The fourth-order valence-electron chi connectivity index (χ4n) is 7.04. The summed E-state index contributed by atoms with van der Waals surface area (Å²) in [6, 6.07) is 17.0. The lowest BCUT2D eigenvalue weighted by atomic mass is 9.34. The fraction of sp³-hybridized carbons (Fsp3) is 0.389. The lowest BCUT2D eigenvalue weighted by Gasteiger charge is -2.34. The van der Waals surface area contributed by atoms with Crippen molar-refractivity contribution in [1.82, 2.24) is 4.90 Å². The Bertz CT molecular complexity index is 1340. The van der Waals surface area contributed by atoms with E-state index >= 15 is 0 Å². The summed E-state index contributed by atoms with van der Waals surface area (Å²) >= 11 is 0. The van der Waals surface area contributed by atoms with E-state index in [0.29, 0.717) is 0 Å². The lowest BCUT2D eigenvalue weighted by Crippen LogP contribution is -2.56. The van der Waals surface area contributed by atoms with Crippen LogP contribution in [0, 0.1) is 48.5 Å². The van der Waals surface area contributed by atoms with Gasteiger partial charge in [0.1, 0.15) is 0 Å². The van der Waals surface area contributed by atoms with Gasteiger partial charge in [-0.15, -0.1) is 0 Å². The second kappa shape index (κ2) is 11.8. The van der Waals surface area contributed by atoms with Gasteiger partial charge in [0.15, 0.2) is 0 Å². The van der Waals surface area contributed by atoms with Crippen molar-refractivity contribution in [3.8, 4) is 0 Å². The van der Waals surface area contributed by atoms with E-state index in [1.54, 1.807) is 10.8 Å². The van der Waals surface area contributed by atoms with Crippen molar-refractivity contribution in [2.24, 2.45) is 0 Å². The van der Waals surface area contributed by atoms with Gasteiger partial charge in [0.2, 0.25) is 6.71 Å². The van der Waals surface area contributed by atoms with Crippen LogP contribution in [-0.4, -0.2) is 27.5 Å². The van der Waals surface area contributed by atoms with Crippen LogP contribution in [0.4, 0.5) is 0 Å². The van der Waals surface area contributed by atoms with Crippen LogP contribution in [-0.2, 0) is 0 Å². The van der Waals surface area contributed by atoms with Crippen molar-refractivity contribution >= 4 is 31.9 Å². The van der Waals surface area contributed by atoms with Gasteiger partial charge in [-0.3, -0.25) is 0 Å². The summed E-state index contributed by atoms with van der Waals surface area (Å²) in [6.07, 6.45) is 7.42. The van der Waals surface area contributed by atoms with Gasteiger partial charge in [0.25, 0.3) is 0 Å². The van der Waals surface area contributed by atoms with Crippen molar-refractivity contribution in [3.63, 3.8) is 0 Å². The minimum atomic E-state index is -0.902. The molecule has 1 nitrogen and oxygen atoms in total. The highest BCUT2D eigenvalue weighted by molar-refractivity contribution is 6.96. The van der Waals surface area contributed by atoms with Gasteiger partial charge >= 0.3 is 0 Å². The molecule has 1 unspecified atom stereocenters. The Balaban J connectivity index is 1.95. The molecule has 0 aromatic heterocycles. The van der Waals surface area contributed by atoms with Crippen molar-refractivity contribution in [1.29, 1.82) is 0 Å². The number of likely N-dealkylation sites (N-methyl/N-ethyl adjacent to an activating group) is 1. The summed E-state index contributed by atoms with van der Waals surface area (Å²) in [5, 5.41) is 1.62. The lowest BCUT2D eigenvalue weighted by molar-refractivity contribution is 0.383. The van der Waals surface area contributed by atoms with E-state index in [1.165, 1.54) is 73.7 Å². The summed E-state index contributed by atoms with van der Waals surface area (Å²) in [7, 11) is 1.37. The normalized spacial score (nSPS) is 15.5. The topological polar surface area (TPSA) is 3.24 Å². The molecule has 4 rings (SSSR count). The minimum absolute atomic E-state index is 0.202. The largest absolute Gasteiger partial charge is 0.370 e. The molecule has 0 aliphatic carbocycles. The molecular formula is C36H48BNSi. The summed E-state index contributed by atoms with van der Waals surface area (Å²) in [4.78, 5) is 2.47. The first-order chi connectivity index (χ1) is 18.4. The average Bonchev–Trinajstić information content (AvgIpc) is 2.83. The number of rotatable bonds is 7. The van der Waals surface area contributed by atoms with Crippen LogP contribution in [0.1, 0.15) is 70.3 Å². The van der Waals surface area contributed by atoms with Crippen molar-refractivity contribution in [2.75, 3.05) is 7.05 Å². The molecule has 1 atom stereocenters. The third-order valence-electron chi connectivity index (χ3n) is 8.66. The fourth-order valence-corrected chi connectivity index (χ4v) is 8.56. The third kappa shape index (κ3) is 5.89. The minimum Gasteiger partial charge on any atom is -0.370 e. The van der Waals surface area contributed by atoms with Gasteiger partial charge in [-0.25, -0.2) is 0 Å². The molecule has 0 N–H and O–H groups in total. The van der Waals surface area contributed by atoms with Gasteiger partial charge in [0, 0.05) is 7.05 Å².